The predicted molar refractivity (Wildman–Crippen MR) is 79.7 cm³/mol. The van der Waals surface area contributed by atoms with Crippen LogP contribution in [0.3, 0.4) is 0 Å². The summed E-state index contributed by atoms with van der Waals surface area (Å²) in [7, 11) is 2.10. The van der Waals surface area contributed by atoms with Crippen molar-refractivity contribution in [2.45, 2.75) is 70.9 Å². The molecule has 2 unspecified atom stereocenters. The fraction of sp³-hybridized carbons (Fsp3) is 0.875. The molecule has 2 heteroatoms. The minimum atomic E-state index is 0.282. The molecule has 0 radical (unpaired) electrons. The van der Waals surface area contributed by atoms with Crippen LogP contribution in [0, 0.1) is 11.8 Å². The van der Waals surface area contributed by atoms with Crippen LogP contribution < -0.4 is 5.32 Å². The molecule has 1 saturated heterocycles. The lowest BCUT2D eigenvalue weighted by atomic mass is 9.83. The first-order valence-electron chi connectivity index (χ1n) is 7.51. The number of hydrogen-bond donors (Lipinski definition) is 1. The van der Waals surface area contributed by atoms with Gasteiger partial charge in [0, 0.05) is 18.0 Å². The van der Waals surface area contributed by atoms with Crippen molar-refractivity contribution in [2.75, 3.05) is 20.1 Å². The highest BCUT2D eigenvalue weighted by Gasteiger charge is 2.37. The van der Waals surface area contributed by atoms with Gasteiger partial charge in [-0.2, -0.15) is 0 Å². The molecule has 1 heterocycles. The van der Waals surface area contributed by atoms with Crippen LogP contribution in [0.5, 0.6) is 0 Å². The number of likely N-dealkylation sites (N-methyl/N-ethyl adjacent to an activating group) is 1. The lowest BCUT2D eigenvalue weighted by Crippen LogP contribution is -2.59. The normalized spacial score (nSPS) is 21.8. The first kappa shape index (κ1) is 15.5. The van der Waals surface area contributed by atoms with Crippen molar-refractivity contribution in [3.05, 3.63) is 0 Å². The van der Waals surface area contributed by atoms with Crippen LogP contribution in [0.2, 0.25) is 0 Å². The molecule has 0 saturated carbocycles. The van der Waals surface area contributed by atoms with Gasteiger partial charge in [0.05, 0.1) is 0 Å². The Morgan fingerprint density at radius 2 is 1.94 bits per heavy atom. The molecule has 18 heavy (non-hydrogen) atoms. The van der Waals surface area contributed by atoms with Gasteiger partial charge in [-0.1, -0.05) is 13.3 Å². The lowest BCUT2D eigenvalue weighted by molar-refractivity contribution is 0.0430. The fourth-order valence-electron chi connectivity index (χ4n) is 3.20. The second kappa shape index (κ2) is 7.81. The zero-order chi connectivity index (χ0) is 13.4. The molecule has 0 aromatic heterocycles. The SMILES string of the molecule is CC#CCCC(NC)C(C)(CC)N1CCCCC1. The summed E-state index contributed by atoms with van der Waals surface area (Å²) in [6.45, 7) is 9.21. The molecule has 0 aliphatic carbocycles. The van der Waals surface area contributed by atoms with E-state index < -0.39 is 0 Å². The molecule has 104 valence electrons. The third-order valence-corrected chi connectivity index (χ3v) is 4.63. The van der Waals surface area contributed by atoms with Crippen LogP contribution in [-0.2, 0) is 0 Å². The van der Waals surface area contributed by atoms with E-state index in [1.165, 1.54) is 38.8 Å². The average Bonchev–Trinajstić information content (AvgIpc) is 2.44. The van der Waals surface area contributed by atoms with E-state index in [0.717, 1.165) is 12.8 Å². The van der Waals surface area contributed by atoms with Gasteiger partial charge in [0.2, 0.25) is 0 Å². The molecule has 1 rings (SSSR count). The number of piperidine rings is 1. The molecular formula is C16H30N2. The smallest absolute Gasteiger partial charge is 0.0331 e. The summed E-state index contributed by atoms with van der Waals surface area (Å²) < 4.78 is 0. The van der Waals surface area contributed by atoms with Crippen LogP contribution >= 0.6 is 0 Å². The molecule has 1 aliphatic heterocycles. The summed E-state index contributed by atoms with van der Waals surface area (Å²) in [5.41, 5.74) is 0.282. The maximum atomic E-state index is 3.54. The molecule has 1 N–H and O–H groups in total. The number of nitrogens with zero attached hydrogens (tertiary/aromatic N) is 1. The van der Waals surface area contributed by atoms with Crippen LogP contribution in [-0.4, -0.2) is 36.6 Å². The summed E-state index contributed by atoms with van der Waals surface area (Å²) in [6, 6.07) is 0.543. The van der Waals surface area contributed by atoms with E-state index >= 15 is 0 Å². The summed E-state index contributed by atoms with van der Waals surface area (Å²) in [4.78, 5) is 2.71. The van der Waals surface area contributed by atoms with Crippen molar-refractivity contribution < 1.29 is 0 Å². The van der Waals surface area contributed by atoms with Crippen LogP contribution in [0.25, 0.3) is 0 Å². The predicted octanol–water partition coefficient (Wildman–Crippen LogP) is 3.03. The van der Waals surface area contributed by atoms with Crippen molar-refractivity contribution in [1.82, 2.24) is 10.2 Å². The maximum absolute atomic E-state index is 3.54. The second-order valence-electron chi connectivity index (χ2n) is 5.57. The first-order valence-corrected chi connectivity index (χ1v) is 7.51. The zero-order valence-electron chi connectivity index (χ0n) is 12.7. The summed E-state index contributed by atoms with van der Waals surface area (Å²) in [5.74, 6) is 6.21. The molecule has 2 atom stereocenters. The third kappa shape index (κ3) is 3.73. The molecule has 2 nitrogen and oxygen atoms in total. The molecule has 0 spiro atoms. The van der Waals surface area contributed by atoms with E-state index in [1.807, 2.05) is 6.92 Å². The van der Waals surface area contributed by atoms with E-state index in [2.05, 4.69) is 43.0 Å². The highest BCUT2D eigenvalue weighted by molar-refractivity contribution is 5.01. The summed E-state index contributed by atoms with van der Waals surface area (Å²) in [6.07, 6.45) is 7.49. The van der Waals surface area contributed by atoms with Gasteiger partial charge in [-0.3, -0.25) is 4.90 Å². The molecule has 0 aromatic carbocycles. The van der Waals surface area contributed by atoms with Gasteiger partial charge in [-0.25, -0.2) is 0 Å². The van der Waals surface area contributed by atoms with Gasteiger partial charge in [0.25, 0.3) is 0 Å². The number of nitrogens with one attached hydrogen (secondary N) is 1. The Bertz CT molecular complexity index is 283. The largest absolute Gasteiger partial charge is 0.315 e. The highest BCUT2D eigenvalue weighted by atomic mass is 15.2. The minimum absolute atomic E-state index is 0.282. The Labute approximate surface area is 114 Å². The second-order valence-corrected chi connectivity index (χ2v) is 5.57. The molecule has 0 aromatic rings. The number of hydrogen-bond acceptors (Lipinski definition) is 2. The van der Waals surface area contributed by atoms with Crippen LogP contribution in [0.4, 0.5) is 0 Å². The summed E-state index contributed by atoms with van der Waals surface area (Å²) >= 11 is 0. The number of rotatable bonds is 6. The lowest BCUT2D eigenvalue weighted by Gasteiger charge is -2.48. The van der Waals surface area contributed by atoms with Gasteiger partial charge in [0.15, 0.2) is 0 Å². The Kier molecular flexibility index (Phi) is 6.75. The Balaban J connectivity index is 2.70. The summed E-state index contributed by atoms with van der Waals surface area (Å²) in [5, 5.41) is 3.54. The van der Waals surface area contributed by atoms with Gasteiger partial charge in [0.1, 0.15) is 0 Å². The maximum Gasteiger partial charge on any atom is 0.0331 e. The average molecular weight is 250 g/mol. The Morgan fingerprint density at radius 1 is 1.28 bits per heavy atom. The van der Waals surface area contributed by atoms with E-state index in [0.29, 0.717) is 6.04 Å². The van der Waals surface area contributed by atoms with Gasteiger partial charge >= 0.3 is 0 Å². The standard InChI is InChI=1S/C16H30N2/c1-5-7-9-12-15(17-4)16(3,6-2)18-13-10-8-11-14-18/h15,17H,6,8-14H2,1-4H3. The van der Waals surface area contributed by atoms with Crippen LogP contribution in [0.1, 0.15) is 59.3 Å². The zero-order valence-corrected chi connectivity index (χ0v) is 12.7. The highest BCUT2D eigenvalue weighted by Crippen LogP contribution is 2.29. The molecule has 1 fully saturated rings. The molecule has 1 aliphatic rings. The van der Waals surface area contributed by atoms with E-state index in [-0.39, 0.29) is 5.54 Å². The van der Waals surface area contributed by atoms with E-state index in [4.69, 9.17) is 0 Å². The van der Waals surface area contributed by atoms with Crippen molar-refractivity contribution in [3.8, 4) is 11.8 Å². The van der Waals surface area contributed by atoms with E-state index in [9.17, 15) is 0 Å². The third-order valence-electron chi connectivity index (χ3n) is 4.63. The molecule has 0 bridgehead atoms. The van der Waals surface area contributed by atoms with Gasteiger partial charge < -0.3 is 5.32 Å². The van der Waals surface area contributed by atoms with Crippen molar-refractivity contribution >= 4 is 0 Å². The molecule has 0 amide bonds. The van der Waals surface area contributed by atoms with E-state index in [1.54, 1.807) is 0 Å². The van der Waals surface area contributed by atoms with Crippen LogP contribution in [0.15, 0.2) is 0 Å². The van der Waals surface area contributed by atoms with Crippen molar-refractivity contribution in [2.24, 2.45) is 0 Å². The fourth-order valence-corrected chi connectivity index (χ4v) is 3.20. The number of likely N-dealkylation sites (tertiary alicyclic amines) is 1. The van der Waals surface area contributed by atoms with Crippen molar-refractivity contribution in [1.29, 1.82) is 0 Å². The monoisotopic (exact) mass is 250 g/mol. The first-order chi connectivity index (χ1) is 8.69. The minimum Gasteiger partial charge on any atom is -0.315 e. The Hall–Kier alpha value is -0.520. The quantitative estimate of drug-likeness (QED) is 0.729. The molecular weight excluding hydrogens is 220 g/mol. The van der Waals surface area contributed by atoms with Crippen molar-refractivity contribution in [3.63, 3.8) is 0 Å². The van der Waals surface area contributed by atoms with Gasteiger partial charge in [-0.05, 0) is 59.7 Å². The Morgan fingerprint density at radius 3 is 2.44 bits per heavy atom. The topological polar surface area (TPSA) is 15.3 Å². The van der Waals surface area contributed by atoms with Gasteiger partial charge in [-0.15, -0.1) is 11.8 Å².